The van der Waals surface area contributed by atoms with Gasteiger partial charge in [-0.2, -0.15) is 0 Å². The third-order valence-corrected chi connectivity index (χ3v) is 6.71. The number of hydrogen-bond donors (Lipinski definition) is 2. The molecule has 8 heteroatoms. The van der Waals surface area contributed by atoms with Crippen LogP contribution in [0.25, 0.3) is 16.7 Å². The van der Waals surface area contributed by atoms with E-state index >= 15 is 0 Å². The number of halogens is 2. The molecule has 0 spiro atoms. The summed E-state index contributed by atoms with van der Waals surface area (Å²) in [6.07, 6.45) is 2.23. The Labute approximate surface area is 211 Å². The van der Waals surface area contributed by atoms with E-state index in [0.29, 0.717) is 22.8 Å². The minimum atomic E-state index is -1.08. The number of aromatic amines is 1. The predicted octanol–water partition coefficient (Wildman–Crippen LogP) is 5.63. The fourth-order valence-electron chi connectivity index (χ4n) is 4.63. The Morgan fingerprint density at radius 1 is 1.11 bits per heavy atom. The molecule has 6 nitrogen and oxygen atoms in total. The van der Waals surface area contributed by atoms with Gasteiger partial charge in [-0.25, -0.2) is 4.39 Å². The predicted molar refractivity (Wildman–Crippen MR) is 135 cm³/mol. The summed E-state index contributed by atoms with van der Waals surface area (Å²) >= 11 is 5.96. The molecule has 0 unspecified atom stereocenters. The molecule has 1 amide bonds. The second kappa shape index (κ2) is 9.51. The van der Waals surface area contributed by atoms with Gasteiger partial charge in [0.15, 0.2) is 0 Å². The first kappa shape index (κ1) is 23.6. The van der Waals surface area contributed by atoms with Gasteiger partial charge in [-0.15, -0.1) is 0 Å². The first-order chi connectivity index (χ1) is 17.4. The van der Waals surface area contributed by atoms with Crippen molar-refractivity contribution in [2.75, 3.05) is 13.7 Å². The summed E-state index contributed by atoms with van der Waals surface area (Å²) < 4.78 is 20.3. The Morgan fingerprint density at radius 2 is 1.86 bits per heavy atom. The van der Waals surface area contributed by atoms with Gasteiger partial charge in [0.25, 0.3) is 11.7 Å². The largest absolute Gasteiger partial charge is 0.507 e. The first-order valence-corrected chi connectivity index (χ1v) is 11.7. The lowest BCUT2D eigenvalue weighted by Gasteiger charge is -2.25. The second-order valence-corrected chi connectivity index (χ2v) is 8.93. The summed E-state index contributed by atoms with van der Waals surface area (Å²) in [6.45, 7) is 0.130. The molecule has 2 N–H and O–H groups in total. The van der Waals surface area contributed by atoms with Crippen molar-refractivity contribution >= 4 is 40.0 Å². The number of ketones is 1. The van der Waals surface area contributed by atoms with Crippen molar-refractivity contribution in [3.05, 3.63) is 106 Å². The molecule has 1 atom stereocenters. The van der Waals surface area contributed by atoms with Gasteiger partial charge >= 0.3 is 0 Å². The quantitative estimate of drug-likeness (QED) is 0.202. The number of aliphatic hydroxyl groups excluding tert-OH is 1. The average molecular weight is 505 g/mol. The van der Waals surface area contributed by atoms with E-state index in [2.05, 4.69) is 4.98 Å². The van der Waals surface area contributed by atoms with Gasteiger partial charge in [0.05, 0.1) is 18.7 Å². The number of nitrogens with zero attached hydrogens (tertiary/aromatic N) is 1. The normalized spacial score (nSPS) is 17.2. The number of hydrogen-bond acceptors (Lipinski definition) is 4. The molecule has 0 saturated carbocycles. The molecule has 1 aliphatic heterocycles. The van der Waals surface area contributed by atoms with Crippen LogP contribution in [0.1, 0.15) is 22.7 Å². The lowest BCUT2D eigenvalue weighted by atomic mass is 9.95. The number of likely N-dealkylation sites (tertiary alicyclic amines) is 1. The summed E-state index contributed by atoms with van der Waals surface area (Å²) in [4.78, 5) is 30.9. The molecule has 0 aliphatic carbocycles. The summed E-state index contributed by atoms with van der Waals surface area (Å²) in [5.41, 5.74) is 2.10. The number of Topliss-reactive ketones (excluding diaryl/α,β-unsaturated/α-hetero) is 1. The van der Waals surface area contributed by atoms with Crippen LogP contribution in [0.2, 0.25) is 5.02 Å². The van der Waals surface area contributed by atoms with Crippen LogP contribution >= 0.6 is 11.6 Å². The zero-order chi connectivity index (χ0) is 25.4. The Hall–Kier alpha value is -4.10. The van der Waals surface area contributed by atoms with Gasteiger partial charge in [0.2, 0.25) is 0 Å². The zero-order valence-corrected chi connectivity index (χ0v) is 20.1. The molecule has 1 saturated heterocycles. The van der Waals surface area contributed by atoms with E-state index in [9.17, 15) is 19.1 Å². The Bertz CT molecular complexity index is 1510. The van der Waals surface area contributed by atoms with Crippen LogP contribution in [-0.4, -0.2) is 40.3 Å². The Morgan fingerprint density at radius 3 is 2.58 bits per heavy atom. The molecule has 5 rings (SSSR count). The van der Waals surface area contributed by atoms with Crippen molar-refractivity contribution in [2.45, 2.75) is 12.5 Å². The molecule has 36 heavy (non-hydrogen) atoms. The number of rotatable bonds is 6. The van der Waals surface area contributed by atoms with Crippen molar-refractivity contribution in [3.63, 3.8) is 0 Å². The van der Waals surface area contributed by atoms with Crippen LogP contribution in [0.4, 0.5) is 4.39 Å². The summed E-state index contributed by atoms with van der Waals surface area (Å²) in [5, 5.41) is 12.5. The van der Waals surface area contributed by atoms with Crippen LogP contribution < -0.4 is 4.74 Å². The molecule has 2 heterocycles. The third kappa shape index (κ3) is 4.12. The molecule has 0 bridgehead atoms. The molecule has 3 aromatic carbocycles. The summed E-state index contributed by atoms with van der Waals surface area (Å²) in [5.74, 6) is -1.92. The molecular formula is C28H22ClFN2O4. The van der Waals surface area contributed by atoms with Gasteiger partial charge in [-0.3, -0.25) is 9.59 Å². The molecule has 1 aromatic heterocycles. The first-order valence-electron chi connectivity index (χ1n) is 11.3. The third-order valence-electron chi connectivity index (χ3n) is 6.45. The van der Waals surface area contributed by atoms with E-state index in [1.54, 1.807) is 37.4 Å². The lowest BCUT2D eigenvalue weighted by Crippen LogP contribution is -2.32. The van der Waals surface area contributed by atoms with Crippen LogP contribution in [0.3, 0.4) is 0 Å². The molecule has 4 aromatic rings. The van der Waals surface area contributed by atoms with Crippen molar-refractivity contribution < 1.29 is 23.8 Å². The Balaban J connectivity index is 1.56. The highest BCUT2D eigenvalue weighted by Crippen LogP contribution is 2.40. The van der Waals surface area contributed by atoms with Crippen LogP contribution in [0.5, 0.6) is 5.75 Å². The number of aromatic nitrogens is 1. The molecule has 1 aliphatic rings. The number of nitrogens with one attached hydrogen (secondary N) is 1. The maximum atomic E-state index is 15.0. The van der Waals surface area contributed by atoms with Crippen LogP contribution in [0.15, 0.2) is 78.5 Å². The maximum absolute atomic E-state index is 15.0. The van der Waals surface area contributed by atoms with Crippen molar-refractivity contribution in [1.82, 2.24) is 9.88 Å². The highest BCUT2D eigenvalue weighted by Gasteiger charge is 2.46. The molecule has 182 valence electrons. The SMILES string of the molecule is COc1ccc2[nH]cc(CCN3C(=O)C(=O)C(=C(O)c4ccc(Cl)cc4)[C@@H]3c3ccccc3F)c2c1. The van der Waals surface area contributed by atoms with E-state index in [4.69, 9.17) is 16.3 Å². The van der Waals surface area contributed by atoms with E-state index in [1.165, 1.54) is 23.1 Å². The second-order valence-electron chi connectivity index (χ2n) is 8.50. The number of carbonyl (C=O) groups excluding carboxylic acids is 2. The standard InChI is InChI=1S/C28H22ClFN2O4/c1-36-19-10-11-23-21(14-19)17(15-31-23)12-13-32-25(20-4-2-3-5-22(20)30)24(27(34)28(32)35)26(33)16-6-8-18(29)9-7-16/h2-11,14-15,25,31,33H,12-13H2,1H3/t25-/m0/s1. The van der Waals surface area contributed by atoms with Crippen molar-refractivity contribution in [3.8, 4) is 5.75 Å². The van der Waals surface area contributed by atoms with E-state index in [-0.39, 0.29) is 23.4 Å². The number of ether oxygens (including phenoxy) is 1. The van der Waals surface area contributed by atoms with Gasteiger partial charge in [-0.05, 0) is 60.5 Å². The van der Waals surface area contributed by atoms with Crippen molar-refractivity contribution in [2.24, 2.45) is 0 Å². The van der Waals surface area contributed by atoms with E-state index in [1.807, 2.05) is 24.4 Å². The number of fused-ring (bicyclic) bond motifs is 1. The minimum absolute atomic E-state index is 0.130. The minimum Gasteiger partial charge on any atom is -0.507 e. The fraction of sp³-hybridized carbons (Fsp3) is 0.143. The number of carbonyl (C=O) groups is 2. The van der Waals surface area contributed by atoms with Crippen LogP contribution in [-0.2, 0) is 16.0 Å². The molecular weight excluding hydrogens is 483 g/mol. The van der Waals surface area contributed by atoms with E-state index in [0.717, 1.165) is 16.5 Å². The maximum Gasteiger partial charge on any atom is 0.295 e. The summed E-state index contributed by atoms with van der Waals surface area (Å²) in [6, 6.07) is 16.7. The topological polar surface area (TPSA) is 82.6 Å². The average Bonchev–Trinajstić information content (AvgIpc) is 3.40. The van der Waals surface area contributed by atoms with Gasteiger partial charge in [-0.1, -0.05) is 29.8 Å². The van der Waals surface area contributed by atoms with Gasteiger partial charge < -0.3 is 19.7 Å². The van der Waals surface area contributed by atoms with Gasteiger partial charge in [0.1, 0.15) is 17.3 Å². The number of benzene rings is 3. The highest BCUT2D eigenvalue weighted by molar-refractivity contribution is 6.46. The smallest absolute Gasteiger partial charge is 0.295 e. The number of aliphatic hydroxyl groups is 1. The summed E-state index contributed by atoms with van der Waals surface area (Å²) in [7, 11) is 1.59. The number of H-pyrrole nitrogens is 1. The Kier molecular flexibility index (Phi) is 6.24. The highest BCUT2D eigenvalue weighted by atomic mass is 35.5. The monoisotopic (exact) mass is 504 g/mol. The van der Waals surface area contributed by atoms with Gasteiger partial charge in [0, 0.05) is 39.8 Å². The molecule has 1 fully saturated rings. The fourth-order valence-corrected chi connectivity index (χ4v) is 4.75. The lowest BCUT2D eigenvalue weighted by molar-refractivity contribution is -0.139. The zero-order valence-electron chi connectivity index (χ0n) is 19.3. The number of amides is 1. The number of methoxy groups -OCH3 is 1. The van der Waals surface area contributed by atoms with Crippen LogP contribution in [0, 0.1) is 5.82 Å². The van der Waals surface area contributed by atoms with Crippen molar-refractivity contribution in [1.29, 1.82) is 0 Å². The molecule has 0 radical (unpaired) electrons. The van der Waals surface area contributed by atoms with E-state index < -0.39 is 23.5 Å².